The topological polar surface area (TPSA) is 76.3 Å². The van der Waals surface area contributed by atoms with E-state index in [1.807, 2.05) is 29.0 Å². The van der Waals surface area contributed by atoms with E-state index in [-0.39, 0.29) is 17.7 Å². The highest BCUT2D eigenvalue weighted by atomic mass is 32.2. The van der Waals surface area contributed by atoms with Crippen LogP contribution in [-0.4, -0.2) is 42.6 Å². The molecule has 0 saturated heterocycles. The van der Waals surface area contributed by atoms with E-state index in [2.05, 4.69) is 26.7 Å². The average Bonchev–Trinajstić information content (AvgIpc) is 3.38. The number of nitrogens with zero attached hydrogens (tertiary/aromatic N) is 6. The molecule has 3 aromatic heterocycles. The predicted octanol–water partition coefficient (Wildman–Crippen LogP) is 2.80. The Hall–Kier alpha value is -2.04. The van der Waals surface area contributed by atoms with Crippen molar-refractivity contribution in [1.29, 1.82) is 0 Å². The van der Waals surface area contributed by atoms with Gasteiger partial charge in [-0.2, -0.15) is 5.10 Å². The standard InChI is InChI=1S/C15H14N6OS3/c1-20-15(16-18-19-20)25-9-14(22)21-11(13-5-3-7-24-13)8-10(17-21)12-4-2-6-23-12/h2-7,11H,8-9H2,1H3/t11-/m1/s1. The van der Waals surface area contributed by atoms with Crippen LogP contribution in [0.25, 0.3) is 0 Å². The molecule has 4 heterocycles. The molecular formula is C15H14N6OS3. The van der Waals surface area contributed by atoms with Gasteiger partial charge >= 0.3 is 0 Å². The quantitative estimate of drug-likeness (QED) is 0.626. The zero-order chi connectivity index (χ0) is 17.2. The lowest BCUT2D eigenvalue weighted by atomic mass is 10.1. The second kappa shape index (κ2) is 7.06. The van der Waals surface area contributed by atoms with Crippen molar-refractivity contribution in [3.05, 3.63) is 44.8 Å². The van der Waals surface area contributed by atoms with Gasteiger partial charge in [0.2, 0.25) is 5.16 Å². The van der Waals surface area contributed by atoms with Gasteiger partial charge in [-0.1, -0.05) is 23.9 Å². The molecule has 0 radical (unpaired) electrons. The lowest BCUT2D eigenvalue weighted by Gasteiger charge is -2.20. The Bertz CT molecular complexity index is 886. The highest BCUT2D eigenvalue weighted by Crippen LogP contribution is 2.36. The minimum atomic E-state index is -0.0436. The van der Waals surface area contributed by atoms with Crippen LogP contribution in [-0.2, 0) is 11.8 Å². The third-order valence-corrected chi connectivity index (χ3v) is 6.64. The van der Waals surface area contributed by atoms with Crippen LogP contribution in [0.4, 0.5) is 0 Å². The number of hydrogen-bond acceptors (Lipinski definition) is 8. The third-order valence-electron chi connectivity index (χ3n) is 3.75. The van der Waals surface area contributed by atoms with Gasteiger partial charge in [0.25, 0.3) is 5.91 Å². The summed E-state index contributed by atoms with van der Waals surface area (Å²) in [6.45, 7) is 0. The summed E-state index contributed by atoms with van der Waals surface area (Å²) in [5.74, 6) is 0.204. The molecule has 0 saturated carbocycles. The van der Waals surface area contributed by atoms with Gasteiger partial charge in [-0.25, -0.2) is 9.69 Å². The zero-order valence-electron chi connectivity index (χ0n) is 13.3. The van der Waals surface area contributed by atoms with Gasteiger partial charge in [-0.3, -0.25) is 4.79 Å². The minimum Gasteiger partial charge on any atom is -0.272 e. The van der Waals surface area contributed by atoms with Gasteiger partial charge in [0.05, 0.1) is 22.4 Å². The van der Waals surface area contributed by atoms with E-state index in [9.17, 15) is 4.79 Å². The largest absolute Gasteiger partial charge is 0.272 e. The van der Waals surface area contributed by atoms with Crippen molar-refractivity contribution >= 4 is 46.1 Å². The first-order valence-electron chi connectivity index (χ1n) is 7.54. The highest BCUT2D eigenvalue weighted by Gasteiger charge is 2.34. The van der Waals surface area contributed by atoms with Crippen LogP contribution in [0.3, 0.4) is 0 Å². The Balaban J connectivity index is 1.55. The van der Waals surface area contributed by atoms with Crippen LogP contribution in [0, 0.1) is 0 Å². The van der Waals surface area contributed by atoms with Gasteiger partial charge in [0.15, 0.2) is 0 Å². The molecule has 25 heavy (non-hydrogen) atoms. The molecule has 128 valence electrons. The zero-order valence-corrected chi connectivity index (χ0v) is 15.7. The summed E-state index contributed by atoms with van der Waals surface area (Å²) in [5.41, 5.74) is 0.965. The number of thioether (sulfide) groups is 1. The molecule has 0 N–H and O–H groups in total. The summed E-state index contributed by atoms with van der Waals surface area (Å²) in [4.78, 5) is 15.1. The normalized spacial score (nSPS) is 17.1. The minimum absolute atomic E-state index is 0.0391. The summed E-state index contributed by atoms with van der Waals surface area (Å²) in [7, 11) is 1.75. The molecular weight excluding hydrogens is 376 g/mol. The van der Waals surface area contributed by atoms with E-state index < -0.39 is 0 Å². The van der Waals surface area contributed by atoms with Crippen LogP contribution >= 0.6 is 34.4 Å². The van der Waals surface area contributed by atoms with Crippen LogP contribution in [0.2, 0.25) is 0 Å². The van der Waals surface area contributed by atoms with E-state index >= 15 is 0 Å². The van der Waals surface area contributed by atoms with E-state index in [1.54, 1.807) is 39.4 Å². The number of aromatic nitrogens is 4. The fourth-order valence-corrected chi connectivity index (χ4v) is 4.81. The molecule has 1 atom stereocenters. The van der Waals surface area contributed by atoms with Crippen molar-refractivity contribution in [1.82, 2.24) is 25.2 Å². The first-order valence-corrected chi connectivity index (χ1v) is 10.3. The Morgan fingerprint density at radius 1 is 1.32 bits per heavy atom. The molecule has 3 aromatic rings. The third kappa shape index (κ3) is 3.37. The van der Waals surface area contributed by atoms with Crippen molar-refractivity contribution in [2.75, 3.05) is 5.75 Å². The van der Waals surface area contributed by atoms with Crippen LogP contribution in [0.5, 0.6) is 0 Å². The second-order valence-corrected chi connectivity index (χ2v) is 8.24. The van der Waals surface area contributed by atoms with Gasteiger partial charge in [-0.15, -0.1) is 27.8 Å². The van der Waals surface area contributed by atoms with Gasteiger partial charge in [0.1, 0.15) is 0 Å². The fourth-order valence-electron chi connectivity index (χ4n) is 2.57. The predicted molar refractivity (Wildman–Crippen MR) is 98.9 cm³/mol. The Labute approximate surface area is 156 Å². The SMILES string of the molecule is Cn1nnnc1SCC(=O)N1N=C(c2cccs2)C[C@@H]1c1cccs1. The van der Waals surface area contributed by atoms with E-state index in [0.29, 0.717) is 5.16 Å². The van der Waals surface area contributed by atoms with Crippen molar-refractivity contribution in [3.63, 3.8) is 0 Å². The number of carbonyl (C=O) groups excluding carboxylic acids is 1. The van der Waals surface area contributed by atoms with Crippen LogP contribution in [0.1, 0.15) is 22.2 Å². The van der Waals surface area contributed by atoms with Crippen molar-refractivity contribution < 1.29 is 4.79 Å². The number of hydrogen-bond donors (Lipinski definition) is 0. The number of amides is 1. The second-order valence-electron chi connectivity index (χ2n) is 5.37. The number of tetrazole rings is 1. The number of thiophene rings is 2. The van der Waals surface area contributed by atoms with Crippen molar-refractivity contribution in [3.8, 4) is 0 Å². The number of rotatable bonds is 5. The maximum atomic E-state index is 12.8. The van der Waals surface area contributed by atoms with E-state index in [4.69, 9.17) is 0 Å². The molecule has 1 aliphatic heterocycles. The summed E-state index contributed by atoms with van der Waals surface area (Å²) >= 11 is 4.62. The van der Waals surface area contributed by atoms with E-state index in [0.717, 1.165) is 21.9 Å². The van der Waals surface area contributed by atoms with Crippen LogP contribution in [0.15, 0.2) is 45.3 Å². The average molecular weight is 391 g/mol. The summed E-state index contributed by atoms with van der Waals surface area (Å²) in [6.07, 6.45) is 0.739. The molecule has 0 spiro atoms. The summed E-state index contributed by atoms with van der Waals surface area (Å²) in [6, 6.07) is 8.07. The lowest BCUT2D eigenvalue weighted by molar-refractivity contribution is -0.130. The molecule has 0 aromatic carbocycles. The van der Waals surface area contributed by atoms with Crippen molar-refractivity contribution in [2.24, 2.45) is 12.1 Å². The van der Waals surface area contributed by atoms with Gasteiger partial charge < -0.3 is 0 Å². The molecule has 1 amide bonds. The number of hydrazone groups is 1. The van der Waals surface area contributed by atoms with Crippen molar-refractivity contribution in [2.45, 2.75) is 17.6 Å². The number of carbonyl (C=O) groups is 1. The summed E-state index contributed by atoms with van der Waals surface area (Å²) < 4.78 is 1.55. The Kier molecular flexibility index (Phi) is 4.64. The molecule has 0 unspecified atom stereocenters. The van der Waals surface area contributed by atoms with E-state index in [1.165, 1.54) is 11.8 Å². The molecule has 0 aliphatic carbocycles. The van der Waals surface area contributed by atoms with Crippen LogP contribution < -0.4 is 0 Å². The Morgan fingerprint density at radius 3 is 2.84 bits per heavy atom. The van der Waals surface area contributed by atoms with Gasteiger partial charge in [-0.05, 0) is 33.3 Å². The molecule has 7 nitrogen and oxygen atoms in total. The highest BCUT2D eigenvalue weighted by molar-refractivity contribution is 7.99. The molecule has 4 rings (SSSR count). The maximum Gasteiger partial charge on any atom is 0.253 e. The smallest absolute Gasteiger partial charge is 0.253 e. The summed E-state index contributed by atoms with van der Waals surface area (Å²) in [5, 5.41) is 22.2. The molecule has 0 fully saturated rings. The fraction of sp³-hybridized carbons (Fsp3) is 0.267. The first-order chi connectivity index (χ1) is 12.2. The number of aryl methyl sites for hydroxylation is 1. The molecule has 1 aliphatic rings. The molecule has 0 bridgehead atoms. The Morgan fingerprint density at radius 2 is 2.16 bits per heavy atom. The molecule has 10 heteroatoms. The van der Waals surface area contributed by atoms with Gasteiger partial charge in [0, 0.05) is 18.3 Å². The first kappa shape index (κ1) is 16.4. The lowest BCUT2D eigenvalue weighted by Crippen LogP contribution is -2.28. The monoisotopic (exact) mass is 390 g/mol. The maximum absolute atomic E-state index is 12.8.